The molecular formula is C26H16ClF2N3O2. The van der Waals surface area contributed by atoms with Crippen LogP contribution in [0.3, 0.4) is 0 Å². The number of carboxylic acids is 1. The Morgan fingerprint density at radius 3 is 2.47 bits per heavy atom. The first-order chi connectivity index (χ1) is 16.4. The number of carboxylic acid groups (broad SMARTS) is 1. The molecule has 2 N–H and O–H groups in total. The summed E-state index contributed by atoms with van der Waals surface area (Å²) in [6.07, 6.45) is 1.64. The van der Waals surface area contributed by atoms with E-state index in [2.05, 4.69) is 15.3 Å². The van der Waals surface area contributed by atoms with Gasteiger partial charge in [0.1, 0.15) is 17.5 Å². The van der Waals surface area contributed by atoms with Crippen LogP contribution in [-0.2, 0) is 6.54 Å². The number of hydrogen-bond acceptors (Lipinski definition) is 4. The summed E-state index contributed by atoms with van der Waals surface area (Å²) in [5, 5.41) is 12.8. The zero-order valence-corrected chi connectivity index (χ0v) is 18.3. The Kier molecular flexibility index (Phi) is 5.55. The summed E-state index contributed by atoms with van der Waals surface area (Å²) in [6, 6.07) is 17.0. The highest BCUT2D eigenvalue weighted by atomic mass is 35.5. The van der Waals surface area contributed by atoms with Crippen LogP contribution in [-0.4, -0.2) is 21.8 Å². The molecule has 34 heavy (non-hydrogen) atoms. The smallest absolute Gasteiger partial charge is 0.335 e. The number of aliphatic imine (C=N–C) groups is 1. The van der Waals surface area contributed by atoms with Crippen molar-refractivity contribution < 1.29 is 18.7 Å². The summed E-state index contributed by atoms with van der Waals surface area (Å²) in [7, 11) is 0. The highest BCUT2D eigenvalue weighted by Gasteiger charge is 2.24. The molecule has 0 fully saturated rings. The molecule has 2 heterocycles. The number of pyridine rings is 1. The average Bonchev–Trinajstić information content (AvgIpc) is 2.96. The fourth-order valence-corrected chi connectivity index (χ4v) is 4.11. The first-order valence-electron chi connectivity index (χ1n) is 10.3. The van der Waals surface area contributed by atoms with Gasteiger partial charge in [-0.25, -0.2) is 18.6 Å². The second kappa shape index (κ2) is 8.68. The molecule has 168 valence electrons. The Labute approximate surface area is 198 Å². The molecule has 1 aliphatic rings. The maximum atomic E-state index is 14.7. The first kappa shape index (κ1) is 21.7. The molecule has 1 aromatic heterocycles. The summed E-state index contributed by atoms with van der Waals surface area (Å²) in [5.74, 6) is -1.99. The highest BCUT2D eigenvalue weighted by molar-refractivity contribution is 6.31. The molecule has 1 aliphatic heterocycles. The van der Waals surface area contributed by atoms with Crippen LogP contribution in [0.15, 0.2) is 77.9 Å². The number of nitrogens with zero attached hydrogens (tertiary/aromatic N) is 2. The van der Waals surface area contributed by atoms with Gasteiger partial charge in [-0.2, -0.15) is 0 Å². The van der Waals surface area contributed by atoms with Crippen LogP contribution in [0, 0.1) is 11.6 Å². The normalized spacial score (nSPS) is 12.3. The highest BCUT2D eigenvalue weighted by Crippen LogP contribution is 2.36. The van der Waals surface area contributed by atoms with Gasteiger partial charge in [-0.05, 0) is 65.2 Å². The van der Waals surface area contributed by atoms with Gasteiger partial charge in [0.15, 0.2) is 0 Å². The molecule has 0 unspecified atom stereocenters. The number of hydrogen-bond donors (Lipinski definition) is 2. The van der Waals surface area contributed by atoms with E-state index in [4.69, 9.17) is 11.6 Å². The van der Waals surface area contributed by atoms with Crippen molar-refractivity contribution in [2.45, 2.75) is 6.54 Å². The van der Waals surface area contributed by atoms with Gasteiger partial charge in [-0.15, -0.1) is 0 Å². The fourth-order valence-electron chi connectivity index (χ4n) is 3.94. The lowest BCUT2D eigenvalue weighted by Gasteiger charge is -2.14. The van der Waals surface area contributed by atoms with Gasteiger partial charge in [-0.3, -0.25) is 4.99 Å². The molecule has 4 aromatic rings. The lowest BCUT2D eigenvalue weighted by molar-refractivity contribution is 0.0697. The standard InChI is InChI=1S/C26H16ClF2N3O2/c27-16-7-8-18-19-11-23(32-17-4-1-3-14(9-17)26(33)34)30-12-15(19)13-31-25(20(18)10-16)24-21(28)5-2-6-22(24)29/h1-12H,13H2,(H,30,32)(H,33,34). The third-order valence-electron chi connectivity index (χ3n) is 5.50. The van der Waals surface area contributed by atoms with Crippen molar-refractivity contribution in [3.05, 3.63) is 112 Å². The number of rotatable bonds is 4. The van der Waals surface area contributed by atoms with E-state index in [1.807, 2.05) is 0 Å². The minimum absolute atomic E-state index is 0.143. The van der Waals surface area contributed by atoms with Crippen LogP contribution < -0.4 is 5.32 Å². The van der Waals surface area contributed by atoms with Crippen molar-refractivity contribution in [1.29, 1.82) is 0 Å². The van der Waals surface area contributed by atoms with E-state index in [1.165, 1.54) is 30.3 Å². The first-order valence-corrected chi connectivity index (χ1v) is 10.7. The molecule has 0 bridgehead atoms. The Morgan fingerprint density at radius 1 is 0.941 bits per heavy atom. The van der Waals surface area contributed by atoms with E-state index in [-0.39, 0.29) is 23.4 Å². The molecule has 0 spiro atoms. The molecule has 0 saturated heterocycles. The Balaban J connectivity index is 1.62. The van der Waals surface area contributed by atoms with Crippen LogP contribution in [0.2, 0.25) is 5.02 Å². The van der Waals surface area contributed by atoms with Crippen molar-refractivity contribution in [3.8, 4) is 11.1 Å². The second-order valence-corrected chi connectivity index (χ2v) is 8.13. The molecule has 8 heteroatoms. The van der Waals surface area contributed by atoms with E-state index in [0.717, 1.165) is 11.1 Å². The fraction of sp³-hybridized carbons (Fsp3) is 0.0385. The number of halogens is 3. The Morgan fingerprint density at radius 2 is 1.71 bits per heavy atom. The van der Waals surface area contributed by atoms with E-state index in [0.29, 0.717) is 27.7 Å². The zero-order chi connectivity index (χ0) is 23.8. The minimum Gasteiger partial charge on any atom is -0.478 e. The third kappa shape index (κ3) is 4.02. The van der Waals surface area contributed by atoms with E-state index < -0.39 is 17.6 Å². The third-order valence-corrected chi connectivity index (χ3v) is 5.74. The predicted molar refractivity (Wildman–Crippen MR) is 127 cm³/mol. The number of anilines is 2. The summed E-state index contributed by atoms with van der Waals surface area (Å²) in [5.41, 5.74) is 3.40. The lowest BCUT2D eigenvalue weighted by Crippen LogP contribution is -2.10. The van der Waals surface area contributed by atoms with Crippen LogP contribution >= 0.6 is 11.6 Å². The van der Waals surface area contributed by atoms with Gasteiger partial charge in [0.25, 0.3) is 0 Å². The zero-order valence-electron chi connectivity index (χ0n) is 17.5. The molecular weight excluding hydrogens is 460 g/mol. The topological polar surface area (TPSA) is 74.6 Å². The molecule has 0 saturated carbocycles. The average molecular weight is 476 g/mol. The van der Waals surface area contributed by atoms with Gasteiger partial charge < -0.3 is 10.4 Å². The van der Waals surface area contributed by atoms with E-state index >= 15 is 0 Å². The number of aromatic nitrogens is 1. The van der Waals surface area contributed by atoms with Gasteiger partial charge in [0, 0.05) is 22.5 Å². The number of carbonyl (C=O) groups is 1. The Hall–Kier alpha value is -4.10. The number of aromatic carboxylic acids is 1. The number of nitrogens with one attached hydrogen (secondary N) is 1. The largest absolute Gasteiger partial charge is 0.478 e. The van der Waals surface area contributed by atoms with Crippen LogP contribution in [0.1, 0.15) is 27.0 Å². The predicted octanol–water partition coefficient (Wildman–Crippen LogP) is 6.47. The Bertz CT molecular complexity index is 1470. The molecule has 0 radical (unpaired) electrons. The maximum Gasteiger partial charge on any atom is 0.335 e. The maximum absolute atomic E-state index is 14.7. The number of fused-ring (bicyclic) bond motifs is 3. The van der Waals surface area contributed by atoms with E-state index in [1.54, 1.807) is 42.6 Å². The lowest BCUT2D eigenvalue weighted by atomic mass is 9.92. The van der Waals surface area contributed by atoms with E-state index in [9.17, 15) is 18.7 Å². The molecule has 0 aliphatic carbocycles. The molecule has 5 nitrogen and oxygen atoms in total. The van der Waals surface area contributed by atoms with Crippen LogP contribution in [0.4, 0.5) is 20.3 Å². The second-order valence-electron chi connectivity index (χ2n) is 7.69. The molecule has 5 rings (SSSR count). The van der Waals surface area contributed by atoms with Crippen molar-refractivity contribution >= 4 is 34.8 Å². The number of benzene rings is 3. The van der Waals surface area contributed by atoms with Crippen molar-refractivity contribution in [3.63, 3.8) is 0 Å². The SMILES string of the molecule is O=C(O)c1cccc(Nc2cc3c(cn2)CN=C(c2c(F)cccc2F)c2cc(Cl)ccc2-3)c1. The summed E-state index contributed by atoms with van der Waals surface area (Å²) >= 11 is 6.25. The summed E-state index contributed by atoms with van der Waals surface area (Å²) in [4.78, 5) is 20.2. The van der Waals surface area contributed by atoms with Crippen molar-refractivity contribution in [2.24, 2.45) is 4.99 Å². The van der Waals surface area contributed by atoms with Crippen LogP contribution in [0.5, 0.6) is 0 Å². The molecule has 0 amide bonds. The van der Waals surface area contributed by atoms with Gasteiger partial charge in [-0.1, -0.05) is 29.8 Å². The molecule has 3 aromatic carbocycles. The van der Waals surface area contributed by atoms with Gasteiger partial charge >= 0.3 is 5.97 Å². The van der Waals surface area contributed by atoms with Crippen molar-refractivity contribution in [1.82, 2.24) is 4.98 Å². The van der Waals surface area contributed by atoms with Gasteiger partial charge in [0.2, 0.25) is 0 Å². The molecule has 0 atom stereocenters. The van der Waals surface area contributed by atoms with Gasteiger partial charge in [0.05, 0.1) is 23.4 Å². The monoisotopic (exact) mass is 475 g/mol. The van der Waals surface area contributed by atoms with Crippen LogP contribution in [0.25, 0.3) is 11.1 Å². The summed E-state index contributed by atoms with van der Waals surface area (Å²) in [6.45, 7) is 0.159. The minimum atomic E-state index is -1.03. The van der Waals surface area contributed by atoms with Crippen molar-refractivity contribution in [2.75, 3.05) is 5.32 Å². The quantitative estimate of drug-likeness (QED) is 0.354. The summed E-state index contributed by atoms with van der Waals surface area (Å²) < 4.78 is 29.3.